The summed E-state index contributed by atoms with van der Waals surface area (Å²) in [5.41, 5.74) is 5.73. The SMILES string of the molecule is CC(C)Oc1cc(F)c(-c2nc(C(=O)Nc3cnccc3[C@H]3C[C@@H](N)[C@@H](NC(=O)O)[C@@H](C)C3)ccc2F)c(F)c1. The Morgan fingerprint density at radius 3 is 2.42 bits per heavy atom. The molecule has 2 aromatic heterocycles. The van der Waals surface area contributed by atoms with E-state index in [9.17, 15) is 22.8 Å². The molecule has 1 saturated carbocycles. The number of hydrogen-bond donors (Lipinski definition) is 4. The molecule has 0 spiro atoms. The summed E-state index contributed by atoms with van der Waals surface area (Å²) >= 11 is 0. The second kappa shape index (κ2) is 11.9. The number of anilines is 1. The normalized spacial score (nSPS) is 20.7. The Morgan fingerprint density at radius 2 is 1.80 bits per heavy atom. The predicted molar refractivity (Wildman–Crippen MR) is 142 cm³/mol. The number of halogens is 3. The molecule has 2 heterocycles. The van der Waals surface area contributed by atoms with Gasteiger partial charge in [0.1, 0.15) is 34.6 Å². The fourth-order valence-electron chi connectivity index (χ4n) is 5.15. The summed E-state index contributed by atoms with van der Waals surface area (Å²) in [5.74, 6) is -4.18. The lowest BCUT2D eigenvalue weighted by Gasteiger charge is -2.39. The van der Waals surface area contributed by atoms with E-state index in [-0.39, 0.29) is 29.4 Å². The maximum Gasteiger partial charge on any atom is 0.404 e. The van der Waals surface area contributed by atoms with Crippen molar-refractivity contribution >= 4 is 17.7 Å². The molecule has 12 heteroatoms. The highest BCUT2D eigenvalue weighted by molar-refractivity contribution is 6.03. The molecular formula is C28H30F3N5O4. The number of rotatable bonds is 7. The Kier molecular flexibility index (Phi) is 8.58. The summed E-state index contributed by atoms with van der Waals surface area (Å²) in [4.78, 5) is 32.3. The Bertz CT molecular complexity index is 1390. The van der Waals surface area contributed by atoms with Crippen LogP contribution in [-0.4, -0.2) is 45.3 Å². The van der Waals surface area contributed by atoms with E-state index in [4.69, 9.17) is 15.6 Å². The van der Waals surface area contributed by atoms with Crippen LogP contribution in [0.3, 0.4) is 0 Å². The third kappa shape index (κ3) is 6.33. The van der Waals surface area contributed by atoms with Gasteiger partial charge in [-0.15, -0.1) is 0 Å². The quantitative estimate of drug-likeness (QED) is 0.318. The first-order valence-electron chi connectivity index (χ1n) is 12.8. The first-order chi connectivity index (χ1) is 18.9. The van der Waals surface area contributed by atoms with Crippen LogP contribution in [0.25, 0.3) is 11.3 Å². The Balaban J connectivity index is 1.59. The Morgan fingerprint density at radius 1 is 1.10 bits per heavy atom. The van der Waals surface area contributed by atoms with Gasteiger partial charge in [0.05, 0.1) is 23.6 Å². The number of nitrogens with one attached hydrogen (secondary N) is 2. The first kappa shape index (κ1) is 28.8. The van der Waals surface area contributed by atoms with Crippen molar-refractivity contribution in [1.29, 1.82) is 0 Å². The number of carbonyl (C=O) groups is 2. The third-order valence-electron chi connectivity index (χ3n) is 6.82. The largest absolute Gasteiger partial charge is 0.491 e. The van der Waals surface area contributed by atoms with Crippen molar-refractivity contribution in [1.82, 2.24) is 15.3 Å². The number of carbonyl (C=O) groups excluding carboxylic acids is 1. The minimum absolute atomic E-state index is 0.0611. The van der Waals surface area contributed by atoms with Crippen molar-refractivity contribution in [2.24, 2.45) is 11.7 Å². The van der Waals surface area contributed by atoms with Gasteiger partial charge in [-0.25, -0.2) is 22.9 Å². The number of aromatic nitrogens is 2. The standard InChI is InChI=1S/C28H30F3N5O4/c1-13(2)40-16-10-19(30)24(20(31)11-16)26-18(29)4-5-22(34-26)27(37)35-23-12-33-7-6-17(23)15-8-14(3)25(21(32)9-15)36-28(38)39/h4-7,10-15,21,25,36H,8-9,32H2,1-3H3,(H,35,37)(H,38,39)/t14-,15+,21+,25-/m0/s1. The van der Waals surface area contributed by atoms with Crippen LogP contribution in [0, 0.1) is 23.4 Å². The number of hydrogen-bond acceptors (Lipinski definition) is 6. The average Bonchev–Trinajstić information content (AvgIpc) is 2.86. The molecule has 9 nitrogen and oxygen atoms in total. The highest BCUT2D eigenvalue weighted by Crippen LogP contribution is 2.39. The first-order valence-corrected chi connectivity index (χ1v) is 12.8. The van der Waals surface area contributed by atoms with Gasteiger partial charge >= 0.3 is 6.09 Å². The van der Waals surface area contributed by atoms with E-state index >= 15 is 0 Å². The van der Waals surface area contributed by atoms with E-state index < -0.39 is 52.8 Å². The zero-order valence-electron chi connectivity index (χ0n) is 22.1. The van der Waals surface area contributed by atoms with Crippen LogP contribution < -0.4 is 21.1 Å². The molecular weight excluding hydrogens is 527 g/mol. The lowest BCUT2D eigenvalue weighted by Crippen LogP contribution is -2.54. The van der Waals surface area contributed by atoms with E-state index in [2.05, 4.69) is 20.6 Å². The van der Waals surface area contributed by atoms with Crippen LogP contribution in [0.4, 0.5) is 23.7 Å². The molecule has 4 atom stereocenters. The van der Waals surface area contributed by atoms with Gasteiger partial charge in [-0.1, -0.05) is 6.92 Å². The van der Waals surface area contributed by atoms with E-state index in [1.165, 1.54) is 6.20 Å². The summed E-state index contributed by atoms with van der Waals surface area (Å²) in [6.45, 7) is 5.28. The van der Waals surface area contributed by atoms with Crippen LogP contribution in [0.2, 0.25) is 0 Å². The van der Waals surface area contributed by atoms with Gasteiger partial charge < -0.3 is 26.2 Å². The second-order valence-electron chi connectivity index (χ2n) is 10.2. The number of nitrogens with two attached hydrogens (primary N) is 1. The molecule has 0 unspecified atom stereocenters. The fraction of sp³-hybridized carbons (Fsp3) is 0.357. The van der Waals surface area contributed by atoms with Gasteiger partial charge in [-0.2, -0.15) is 0 Å². The van der Waals surface area contributed by atoms with E-state index in [0.717, 1.165) is 29.8 Å². The number of pyridine rings is 2. The lowest BCUT2D eigenvalue weighted by molar-refractivity contribution is 0.102. The van der Waals surface area contributed by atoms with Crippen LogP contribution in [0.5, 0.6) is 5.75 Å². The van der Waals surface area contributed by atoms with Crippen molar-refractivity contribution in [2.45, 2.75) is 57.7 Å². The maximum absolute atomic E-state index is 14.8. The van der Waals surface area contributed by atoms with Gasteiger partial charge in [0.15, 0.2) is 0 Å². The molecule has 1 fully saturated rings. The maximum atomic E-state index is 14.8. The summed E-state index contributed by atoms with van der Waals surface area (Å²) in [6.07, 6.45) is 2.58. The Labute approximate surface area is 229 Å². The van der Waals surface area contributed by atoms with Crippen LogP contribution >= 0.6 is 0 Å². The van der Waals surface area contributed by atoms with Crippen molar-refractivity contribution in [2.75, 3.05) is 5.32 Å². The number of amides is 2. The fourth-order valence-corrected chi connectivity index (χ4v) is 5.15. The van der Waals surface area contributed by atoms with Crippen molar-refractivity contribution in [3.63, 3.8) is 0 Å². The second-order valence-corrected chi connectivity index (χ2v) is 10.2. The molecule has 0 radical (unpaired) electrons. The van der Waals surface area contributed by atoms with Gasteiger partial charge in [0, 0.05) is 30.4 Å². The highest BCUT2D eigenvalue weighted by Gasteiger charge is 2.36. The highest BCUT2D eigenvalue weighted by atomic mass is 19.1. The van der Waals surface area contributed by atoms with E-state index in [0.29, 0.717) is 18.5 Å². The van der Waals surface area contributed by atoms with Gasteiger partial charge in [-0.05, 0) is 62.3 Å². The van der Waals surface area contributed by atoms with Crippen molar-refractivity contribution in [3.8, 4) is 17.0 Å². The zero-order chi connectivity index (χ0) is 29.1. The molecule has 40 heavy (non-hydrogen) atoms. The smallest absolute Gasteiger partial charge is 0.404 e. The van der Waals surface area contributed by atoms with Crippen LogP contribution in [0.1, 0.15) is 55.6 Å². The van der Waals surface area contributed by atoms with E-state index in [1.807, 2.05) is 6.92 Å². The summed E-state index contributed by atoms with van der Waals surface area (Å²) in [6, 6.07) is 4.75. The molecule has 1 aliphatic carbocycles. The minimum atomic E-state index is -1.15. The van der Waals surface area contributed by atoms with Gasteiger partial charge in [-0.3, -0.25) is 9.78 Å². The molecule has 3 aromatic rings. The summed E-state index contributed by atoms with van der Waals surface area (Å²) in [7, 11) is 0. The molecule has 5 N–H and O–H groups in total. The molecule has 2 amide bonds. The third-order valence-corrected chi connectivity index (χ3v) is 6.82. The van der Waals surface area contributed by atoms with Crippen LogP contribution in [0.15, 0.2) is 42.7 Å². The molecule has 0 bridgehead atoms. The molecule has 1 aliphatic rings. The monoisotopic (exact) mass is 557 g/mol. The van der Waals surface area contributed by atoms with Crippen molar-refractivity contribution in [3.05, 3.63) is 71.4 Å². The van der Waals surface area contributed by atoms with Crippen LogP contribution in [-0.2, 0) is 0 Å². The summed E-state index contributed by atoms with van der Waals surface area (Å²) in [5, 5.41) is 14.3. The molecule has 4 rings (SSSR count). The minimum Gasteiger partial charge on any atom is -0.491 e. The summed E-state index contributed by atoms with van der Waals surface area (Å²) < 4.78 is 49.7. The van der Waals surface area contributed by atoms with E-state index in [1.54, 1.807) is 26.1 Å². The van der Waals surface area contributed by atoms with Gasteiger partial charge in [0.2, 0.25) is 0 Å². The Hall–Kier alpha value is -4.19. The lowest BCUT2D eigenvalue weighted by atomic mass is 9.73. The average molecular weight is 558 g/mol. The number of nitrogens with zero attached hydrogens (tertiary/aromatic N) is 2. The topological polar surface area (TPSA) is 139 Å². The zero-order valence-corrected chi connectivity index (χ0v) is 22.1. The molecule has 1 aromatic carbocycles. The number of carboxylic acid groups (broad SMARTS) is 1. The predicted octanol–water partition coefficient (Wildman–Crippen LogP) is 5.08. The number of ether oxygens (including phenoxy) is 1. The number of benzene rings is 1. The molecule has 212 valence electrons. The molecule has 0 saturated heterocycles. The van der Waals surface area contributed by atoms with Crippen molar-refractivity contribution < 1.29 is 32.6 Å². The van der Waals surface area contributed by atoms with Gasteiger partial charge in [0.25, 0.3) is 5.91 Å². The molecule has 0 aliphatic heterocycles.